The molecule has 1 amide bonds. The van der Waals surface area contributed by atoms with Gasteiger partial charge in [-0.05, 0) is 24.3 Å². The Morgan fingerprint density at radius 1 is 1.20 bits per heavy atom. The first-order valence-corrected chi connectivity index (χ1v) is 9.33. The molecule has 0 unspecified atom stereocenters. The minimum absolute atomic E-state index is 0.0397. The number of amides is 1. The maximum Gasteiger partial charge on any atom is 0.259 e. The van der Waals surface area contributed by atoms with E-state index in [0.29, 0.717) is 28.5 Å². The third-order valence-corrected chi connectivity index (χ3v) is 4.51. The van der Waals surface area contributed by atoms with Crippen molar-refractivity contribution >= 4 is 23.1 Å². The minimum atomic E-state index is -0.121. The van der Waals surface area contributed by atoms with Crippen molar-refractivity contribution in [2.45, 2.75) is 0 Å². The monoisotopic (exact) mass is 403 g/mol. The van der Waals surface area contributed by atoms with Crippen LogP contribution in [0.3, 0.4) is 0 Å². The van der Waals surface area contributed by atoms with Gasteiger partial charge in [-0.2, -0.15) is 0 Å². The van der Waals surface area contributed by atoms with Crippen LogP contribution in [-0.4, -0.2) is 51.0 Å². The van der Waals surface area contributed by atoms with Gasteiger partial charge in [0.25, 0.3) is 5.91 Å². The molecule has 152 valence electrons. The highest BCUT2D eigenvalue weighted by Gasteiger charge is 2.12. The number of carbonyl (C=O) groups is 1. The molecular formula is C22H21N5O3. The zero-order chi connectivity index (χ0) is 21.1. The van der Waals surface area contributed by atoms with Crippen molar-refractivity contribution in [2.24, 2.45) is 0 Å². The number of aromatic hydroxyl groups is 1. The molecule has 0 aliphatic carbocycles. The highest BCUT2D eigenvalue weighted by Crippen LogP contribution is 2.30. The molecule has 2 aromatic heterocycles. The van der Waals surface area contributed by atoms with Crippen LogP contribution in [0.4, 0.5) is 11.5 Å². The van der Waals surface area contributed by atoms with Gasteiger partial charge in [-0.3, -0.25) is 4.79 Å². The number of nitrogens with zero attached hydrogens (tertiary/aromatic N) is 4. The van der Waals surface area contributed by atoms with Gasteiger partial charge in [0, 0.05) is 50.0 Å². The molecule has 4 aromatic rings. The van der Waals surface area contributed by atoms with Gasteiger partial charge in [0.15, 0.2) is 18.1 Å². The summed E-state index contributed by atoms with van der Waals surface area (Å²) in [5.41, 5.74) is 2.60. The normalized spacial score (nSPS) is 10.7. The first-order valence-electron chi connectivity index (χ1n) is 9.33. The second-order valence-corrected chi connectivity index (χ2v) is 6.88. The Balaban J connectivity index is 1.64. The second kappa shape index (κ2) is 8.12. The third-order valence-electron chi connectivity index (χ3n) is 4.51. The second-order valence-electron chi connectivity index (χ2n) is 6.88. The fourth-order valence-electron chi connectivity index (χ4n) is 2.91. The number of rotatable bonds is 6. The van der Waals surface area contributed by atoms with Gasteiger partial charge in [0.1, 0.15) is 11.5 Å². The molecule has 0 bridgehead atoms. The molecule has 4 rings (SSSR count). The number of aromatic nitrogens is 3. The van der Waals surface area contributed by atoms with Gasteiger partial charge in [-0.1, -0.05) is 18.2 Å². The van der Waals surface area contributed by atoms with Gasteiger partial charge in [0.2, 0.25) is 0 Å². The van der Waals surface area contributed by atoms with Crippen molar-refractivity contribution in [3.63, 3.8) is 0 Å². The number of ether oxygens (including phenoxy) is 1. The van der Waals surface area contributed by atoms with Crippen LogP contribution in [0.5, 0.6) is 11.5 Å². The molecule has 0 spiro atoms. The summed E-state index contributed by atoms with van der Waals surface area (Å²) < 4.78 is 7.42. The summed E-state index contributed by atoms with van der Waals surface area (Å²) >= 11 is 0. The number of phenolic OH excluding ortho intramolecular Hbond substituents is 1. The highest BCUT2D eigenvalue weighted by atomic mass is 16.5. The van der Waals surface area contributed by atoms with Gasteiger partial charge in [-0.25, -0.2) is 9.97 Å². The van der Waals surface area contributed by atoms with E-state index in [1.54, 1.807) is 50.6 Å². The van der Waals surface area contributed by atoms with Gasteiger partial charge in [0.05, 0.1) is 5.69 Å². The van der Waals surface area contributed by atoms with E-state index in [9.17, 15) is 9.90 Å². The Bertz CT molecular complexity index is 1200. The van der Waals surface area contributed by atoms with Crippen LogP contribution in [-0.2, 0) is 4.79 Å². The molecular weight excluding hydrogens is 382 g/mol. The summed E-state index contributed by atoms with van der Waals surface area (Å²) in [4.78, 5) is 22.3. The molecule has 8 nitrogen and oxygen atoms in total. The third kappa shape index (κ3) is 4.02. The van der Waals surface area contributed by atoms with Crippen LogP contribution >= 0.6 is 0 Å². The maximum absolute atomic E-state index is 11.8. The fourth-order valence-corrected chi connectivity index (χ4v) is 2.91. The van der Waals surface area contributed by atoms with Crippen LogP contribution in [0.1, 0.15) is 0 Å². The Morgan fingerprint density at radius 2 is 2.03 bits per heavy atom. The molecule has 30 heavy (non-hydrogen) atoms. The zero-order valence-corrected chi connectivity index (χ0v) is 16.6. The average molecular weight is 403 g/mol. The lowest BCUT2D eigenvalue weighted by Gasteiger charge is -2.13. The van der Waals surface area contributed by atoms with E-state index < -0.39 is 0 Å². The van der Waals surface area contributed by atoms with Crippen LogP contribution in [0, 0.1) is 0 Å². The molecule has 0 aliphatic heterocycles. The Hall–Kier alpha value is -4.07. The smallest absolute Gasteiger partial charge is 0.259 e. The molecule has 2 aromatic carbocycles. The molecule has 0 radical (unpaired) electrons. The molecule has 0 aliphatic rings. The van der Waals surface area contributed by atoms with Crippen molar-refractivity contribution in [3.05, 3.63) is 67.1 Å². The van der Waals surface area contributed by atoms with Gasteiger partial charge in [-0.15, -0.1) is 0 Å². The number of phenols is 1. The summed E-state index contributed by atoms with van der Waals surface area (Å²) in [6, 6.07) is 14.3. The van der Waals surface area contributed by atoms with Crippen LogP contribution in [0.15, 0.2) is 67.1 Å². The molecule has 2 heterocycles. The summed E-state index contributed by atoms with van der Waals surface area (Å²) in [6.45, 7) is -0.0397. The Morgan fingerprint density at radius 3 is 2.83 bits per heavy atom. The number of nitrogens with one attached hydrogen (secondary N) is 1. The molecule has 0 saturated heterocycles. The summed E-state index contributed by atoms with van der Waals surface area (Å²) in [5, 5.41) is 13.5. The predicted octanol–water partition coefficient (Wildman–Crippen LogP) is 3.31. The standard InChI is InChI=1S/C22H21N5O3/c1-26(2)20(29)14-30-16-7-5-6-15(12-16)24-21-22-23-10-11-27(22)13-18(25-21)17-8-3-4-9-19(17)28/h3-13,28H,14H2,1-2H3,(H,24,25). The fraction of sp³-hybridized carbons (Fsp3) is 0.136. The topological polar surface area (TPSA) is 92.0 Å². The molecule has 8 heteroatoms. The van der Waals surface area contributed by atoms with E-state index in [1.807, 2.05) is 35.0 Å². The number of para-hydroxylation sites is 1. The van der Waals surface area contributed by atoms with E-state index in [2.05, 4.69) is 15.3 Å². The van der Waals surface area contributed by atoms with Gasteiger partial charge < -0.3 is 24.5 Å². The first kappa shape index (κ1) is 19.3. The summed E-state index contributed by atoms with van der Waals surface area (Å²) in [5.74, 6) is 1.12. The lowest BCUT2D eigenvalue weighted by Crippen LogP contribution is -2.27. The van der Waals surface area contributed by atoms with Crippen molar-refractivity contribution in [1.82, 2.24) is 19.3 Å². The van der Waals surface area contributed by atoms with E-state index >= 15 is 0 Å². The Kier molecular flexibility index (Phi) is 5.21. The average Bonchev–Trinajstić information content (AvgIpc) is 3.21. The quantitative estimate of drug-likeness (QED) is 0.513. The van der Waals surface area contributed by atoms with E-state index in [0.717, 1.165) is 5.69 Å². The largest absolute Gasteiger partial charge is 0.507 e. The van der Waals surface area contributed by atoms with E-state index in [1.165, 1.54) is 4.90 Å². The molecule has 2 N–H and O–H groups in total. The van der Waals surface area contributed by atoms with E-state index in [4.69, 9.17) is 4.74 Å². The number of carbonyl (C=O) groups excluding carboxylic acids is 1. The summed E-state index contributed by atoms with van der Waals surface area (Å²) in [7, 11) is 3.37. The number of hydrogen-bond donors (Lipinski definition) is 2. The molecule has 0 fully saturated rings. The maximum atomic E-state index is 11.8. The number of likely N-dealkylation sites (N-methyl/N-ethyl adjacent to an activating group) is 1. The van der Waals surface area contributed by atoms with Crippen LogP contribution in [0.2, 0.25) is 0 Å². The van der Waals surface area contributed by atoms with Crippen LogP contribution < -0.4 is 10.1 Å². The number of hydrogen-bond acceptors (Lipinski definition) is 6. The minimum Gasteiger partial charge on any atom is -0.507 e. The first-order chi connectivity index (χ1) is 14.5. The Labute approximate surface area is 173 Å². The van der Waals surface area contributed by atoms with Crippen molar-refractivity contribution in [1.29, 1.82) is 0 Å². The lowest BCUT2D eigenvalue weighted by molar-refractivity contribution is -0.130. The molecule has 0 saturated carbocycles. The van der Waals surface area contributed by atoms with Crippen LogP contribution in [0.25, 0.3) is 16.9 Å². The highest BCUT2D eigenvalue weighted by molar-refractivity contribution is 5.77. The van der Waals surface area contributed by atoms with E-state index in [-0.39, 0.29) is 18.3 Å². The lowest BCUT2D eigenvalue weighted by atomic mass is 10.1. The van der Waals surface area contributed by atoms with Crippen molar-refractivity contribution in [2.75, 3.05) is 26.0 Å². The zero-order valence-electron chi connectivity index (χ0n) is 16.6. The summed E-state index contributed by atoms with van der Waals surface area (Å²) in [6.07, 6.45) is 5.32. The van der Waals surface area contributed by atoms with Crippen molar-refractivity contribution in [3.8, 4) is 22.8 Å². The number of anilines is 2. The number of benzene rings is 2. The van der Waals surface area contributed by atoms with Crippen molar-refractivity contribution < 1.29 is 14.6 Å². The molecule has 0 atom stereocenters. The predicted molar refractivity (Wildman–Crippen MR) is 114 cm³/mol. The number of imidazole rings is 1. The SMILES string of the molecule is CN(C)C(=O)COc1cccc(Nc2nc(-c3ccccc3O)cn3ccnc23)c1. The number of fused-ring (bicyclic) bond motifs is 1. The van der Waals surface area contributed by atoms with Gasteiger partial charge >= 0.3 is 0 Å².